The van der Waals surface area contributed by atoms with Crippen LogP contribution in [-0.2, 0) is 21.1 Å². The quantitative estimate of drug-likeness (QED) is 0.650. The molecule has 0 unspecified atom stereocenters. The number of nitrogens with one attached hydrogen (secondary N) is 1. The Morgan fingerprint density at radius 1 is 1.19 bits per heavy atom. The smallest absolute Gasteiger partial charge is 0.229 e. The van der Waals surface area contributed by atoms with Crippen LogP contribution in [0.25, 0.3) is 11.0 Å². The first-order valence-electron chi connectivity index (χ1n) is 8.55. The minimum absolute atomic E-state index is 0.0414. The summed E-state index contributed by atoms with van der Waals surface area (Å²) in [7, 11) is -3.44. The number of phenolic OH excluding ortho intramolecular Hbond substituents is 1. The van der Waals surface area contributed by atoms with Gasteiger partial charge in [0.1, 0.15) is 11.3 Å². The fourth-order valence-electron chi connectivity index (χ4n) is 2.87. The van der Waals surface area contributed by atoms with E-state index in [-0.39, 0.29) is 34.4 Å². The highest BCUT2D eigenvalue weighted by Crippen LogP contribution is 2.29. The molecule has 0 radical (unpaired) electrons. The van der Waals surface area contributed by atoms with E-state index in [9.17, 15) is 18.3 Å². The first-order valence-corrected chi connectivity index (χ1v) is 10.2. The topological polar surface area (TPSA) is 96.6 Å². The number of benzene rings is 2. The Balaban J connectivity index is 1.85. The van der Waals surface area contributed by atoms with Crippen molar-refractivity contribution >= 4 is 32.4 Å². The number of carbonyl (C=O) groups is 1. The number of carbonyl (C=O) groups excluding carboxylic acids is 1. The molecular weight excluding hydrogens is 366 g/mol. The minimum atomic E-state index is -3.44. The summed E-state index contributed by atoms with van der Waals surface area (Å²) in [5.41, 5.74) is 3.66. The fraction of sp³-hybridized carbons (Fsp3) is 0.250. The van der Waals surface area contributed by atoms with Crippen molar-refractivity contribution in [1.82, 2.24) is 0 Å². The number of hydrogen-bond donors (Lipinski definition) is 2. The molecule has 0 aliphatic carbocycles. The average molecular weight is 387 g/mol. The first kappa shape index (κ1) is 19.0. The third-order valence-corrected chi connectivity index (χ3v) is 6.41. The number of hydrogen-bond acceptors (Lipinski definition) is 5. The van der Waals surface area contributed by atoms with Gasteiger partial charge in [-0.15, -0.1) is 0 Å². The van der Waals surface area contributed by atoms with Crippen molar-refractivity contribution in [2.24, 2.45) is 0 Å². The molecule has 3 rings (SSSR count). The second-order valence-electron chi connectivity index (χ2n) is 6.45. The lowest BCUT2D eigenvalue weighted by atomic mass is 10.0. The molecule has 0 atom stereocenters. The molecule has 0 bridgehead atoms. The molecule has 0 saturated heterocycles. The number of fused-ring (bicyclic) bond motifs is 1. The maximum absolute atomic E-state index is 12.4. The van der Waals surface area contributed by atoms with Crippen molar-refractivity contribution in [3.63, 3.8) is 0 Å². The Morgan fingerprint density at radius 2 is 1.93 bits per heavy atom. The minimum Gasteiger partial charge on any atom is -0.506 e. The number of furan rings is 1. The van der Waals surface area contributed by atoms with Crippen molar-refractivity contribution < 1.29 is 22.7 Å². The van der Waals surface area contributed by atoms with Crippen molar-refractivity contribution in [1.29, 1.82) is 0 Å². The van der Waals surface area contributed by atoms with Gasteiger partial charge in [-0.2, -0.15) is 0 Å². The van der Waals surface area contributed by atoms with E-state index in [0.29, 0.717) is 0 Å². The zero-order valence-electron chi connectivity index (χ0n) is 15.4. The Bertz CT molecular complexity index is 1130. The molecule has 27 heavy (non-hydrogen) atoms. The van der Waals surface area contributed by atoms with Gasteiger partial charge in [-0.3, -0.25) is 4.79 Å². The number of aromatic hydroxyl groups is 1. The molecule has 2 aromatic carbocycles. The molecule has 142 valence electrons. The number of amides is 1. The SMILES string of the molecule is CCS(=O)(=O)c1ccc(O)c(NC(=O)Cc2coc3c(C)c(C)ccc23)c1. The van der Waals surface area contributed by atoms with Crippen LogP contribution in [0.15, 0.2) is 45.9 Å². The van der Waals surface area contributed by atoms with Gasteiger partial charge in [0.25, 0.3) is 0 Å². The lowest BCUT2D eigenvalue weighted by Gasteiger charge is -2.09. The van der Waals surface area contributed by atoms with E-state index in [1.807, 2.05) is 26.0 Å². The normalized spacial score (nSPS) is 11.7. The maximum Gasteiger partial charge on any atom is 0.229 e. The lowest BCUT2D eigenvalue weighted by Crippen LogP contribution is -2.15. The molecule has 2 N–H and O–H groups in total. The van der Waals surface area contributed by atoms with Crippen LogP contribution in [0, 0.1) is 13.8 Å². The zero-order chi connectivity index (χ0) is 19.8. The van der Waals surface area contributed by atoms with Crippen LogP contribution in [0.2, 0.25) is 0 Å². The molecule has 0 saturated carbocycles. The van der Waals surface area contributed by atoms with Crippen LogP contribution in [0.5, 0.6) is 5.75 Å². The third-order valence-electron chi connectivity index (χ3n) is 4.67. The van der Waals surface area contributed by atoms with Crippen LogP contribution in [0.4, 0.5) is 5.69 Å². The Hall–Kier alpha value is -2.80. The van der Waals surface area contributed by atoms with E-state index in [2.05, 4.69) is 5.32 Å². The second kappa shape index (κ2) is 7.08. The molecule has 1 aromatic heterocycles. The average Bonchev–Trinajstić information content (AvgIpc) is 3.03. The summed E-state index contributed by atoms with van der Waals surface area (Å²) in [6.07, 6.45) is 1.59. The van der Waals surface area contributed by atoms with Crippen molar-refractivity contribution in [3.8, 4) is 5.75 Å². The van der Waals surface area contributed by atoms with Crippen molar-refractivity contribution in [2.75, 3.05) is 11.1 Å². The molecular formula is C20H21NO5S. The number of sulfone groups is 1. The molecule has 1 amide bonds. The van der Waals surface area contributed by atoms with E-state index in [0.717, 1.165) is 27.7 Å². The van der Waals surface area contributed by atoms with Crippen LogP contribution in [-0.4, -0.2) is 25.2 Å². The molecule has 1 heterocycles. The van der Waals surface area contributed by atoms with Crippen LogP contribution in [0.3, 0.4) is 0 Å². The predicted octanol–water partition coefficient (Wildman–Crippen LogP) is 3.73. The standard InChI is InChI=1S/C20H21NO5S/c1-4-27(24,25)15-6-8-18(22)17(10-15)21-19(23)9-14-11-26-20-13(3)12(2)5-7-16(14)20/h5-8,10-11,22H,4,9H2,1-3H3,(H,21,23). The highest BCUT2D eigenvalue weighted by molar-refractivity contribution is 7.91. The van der Waals surface area contributed by atoms with E-state index in [4.69, 9.17) is 4.42 Å². The van der Waals surface area contributed by atoms with Crippen molar-refractivity contribution in [3.05, 3.63) is 53.3 Å². The van der Waals surface area contributed by atoms with E-state index in [1.54, 1.807) is 6.26 Å². The Kier molecular flexibility index (Phi) is 4.97. The Morgan fingerprint density at radius 3 is 2.63 bits per heavy atom. The van der Waals surface area contributed by atoms with Gasteiger partial charge in [-0.25, -0.2) is 8.42 Å². The second-order valence-corrected chi connectivity index (χ2v) is 8.73. The fourth-order valence-corrected chi connectivity index (χ4v) is 3.77. The van der Waals surface area contributed by atoms with Crippen molar-refractivity contribution in [2.45, 2.75) is 32.1 Å². The highest BCUT2D eigenvalue weighted by atomic mass is 32.2. The summed E-state index contributed by atoms with van der Waals surface area (Å²) in [5.74, 6) is -0.635. The maximum atomic E-state index is 12.4. The van der Waals surface area contributed by atoms with Gasteiger partial charge in [0.15, 0.2) is 9.84 Å². The summed E-state index contributed by atoms with van der Waals surface area (Å²) in [5, 5.41) is 13.4. The van der Waals surface area contributed by atoms with Crippen LogP contribution >= 0.6 is 0 Å². The summed E-state index contributed by atoms with van der Waals surface area (Å²) >= 11 is 0. The lowest BCUT2D eigenvalue weighted by molar-refractivity contribution is -0.115. The molecule has 0 aliphatic heterocycles. The first-order chi connectivity index (χ1) is 12.7. The van der Waals surface area contributed by atoms with Gasteiger partial charge >= 0.3 is 0 Å². The van der Waals surface area contributed by atoms with Gasteiger partial charge in [-0.05, 0) is 43.2 Å². The van der Waals surface area contributed by atoms with Crippen LogP contribution < -0.4 is 5.32 Å². The number of anilines is 1. The largest absolute Gasteiger partial charge is 0.506 e. The number of aryl methyl sites for hydroxylation is 2. The predicted molar refractivity (Wildman–Crippen MR) is 104 cm³/mol. The van der Waals surface area contributed by atoms with E-state index < -0.39 is 9.84 Å². The molecule has 0 fully saturated rings. The van der Waals surface area contributed by atoms with Gasteiger partial charge < -0.3 is 14.8 Å². The summed E-state index contributed by atoms with van der Waals surface area (Å²) in [6, 6.07) is 7.73. The van der Waals surface area contributed by atoms with Gasteiger partial charge in [0.05, 0.1) is 29.0 Å². The van der Waals surface area contributed by atoms with Crippen LogP contribution in [0.1, 0.15) is 23.6 Å². The summed E-state index contributed by atoms with van der Waals surface area (Å²) in [6.45, 7) is 5.49. The van der Waals surface area contributed by atoms with Gasteiger partial charge in [0.2, 0.25) is 5.91 Å². The molecule has 0 aliphatic rings. The monoisotopic (exact) mass is 387 g/mol. The van der Waals surface area contributed by atoms with E-state index in [1.165, 1.54) is 25.1 Å². The third kappa shape index (κ3) is 3.68. The molecule has 3 aromatic rings. The number of phenols is 1. The zero-order valence-corrected chi connectivity index (χ0v) is 16.2. The molecule has 0 spiro atoms. The van der Waals surface area contributed by atoms with Gasteiger partial charge in [-0.1, -0.05) is 19.1 Å². The number of rotatable bonds is 5. The van der Waals surface area contributed by atoms with E-state index >= 15 is 0 Å². The van der Waals surface area contributed by atoms with Gasteiger partial charge in [0, 0.05) is 10.9 Å². The summed E-state index contributed by atoms with van der Waals surface area (Å²) < 4.78 is 29.6. The Labute approximate surface area is 157 Å². The molecule has 6 nitrogen and oxygen atoms in total. The summed E-state index contributed by atoms with van der Waals surface area (Å²) in [4.78, 5) is 12.5. The molecule has 7 heteroatoms. The highest BCUT2D eigenvalue weighted by Gasteiger charge is 2.17.